The summed E-state index contributed by atoms with van der Waals surface area (Å²) < 4.78 is 0. The highest BCUT2D eigenvalue weighted by Crippen LogP contribution is 2.30. The van der Waals surface area contributed by atoms with Crippen molar-refractivity contribution in [3.8, 4) is 28.7 Å². The molecule has 0 saturated heterocycles. The minimum Gasteiger partial charge on any atom is -0.504 e. The molecule has 0 aliphatic carbocycles. The highest BCUT2D eigenvalue weighted by Gasteiger charge is 2.27. The van der Waals surface area contributed by atoms with Gasteiger partial charge in [0.05, 0.1) is 17.2 Å². The summed E-state index contributed by atoms with van der Waals surface area (Å²) >= 11 is 0. The van der Waals surface area contributed by atoms with Crippen LogP contribution in [0.5, 0.6) is 11.5 Å². The maximum absolute atomic E-state index is 12.5. The highest BCUT2D eigenvalue weighted by atomic mass is 16.3. The first-order chi connectivity index (χ1) is 15.0. The van der Waals surface area contributed by atoms with Crippen LogP contribution in [0.1, 0.15) is 27.0 Å². The lowest BCUT2D eigenvalue weighted by molar-refractivity contribution is -0.114. The summed E-state index contributed by atoms with van der Waals surface area (Å²) in [6.07, 6.45) is 1.52. The van der Waals surface area contributed by atoms with Crippen LogP contribution < -0.4 is 10.6 Å². The van der Waals surface area contributed by atoms with Gasteiger partial charge < -0.3 is 15.5 Å². The maximum Gasteiger partial charge on any atom is 0.260 e. The van der Waals surface area contributed by atoms with E-state index >= 15 is 0 Å². The van der Waals surface area contributed by atoms with Gasteiger partial charge in [0, 0.05) is 23.9 Å². The number of rotatable bonds is 4. The number of imide groups is 1. The summed E-state index contributed by atoms with van der Waals surface area (Å²) in [7, 11) is 0. The van der Waals surface area contributed by atoms with Crippen LogP contribution in [0.2, 0.25) is 0 Å². The Morgan fingerprint density at radius 1 is 0.871 bits per heavy atom. The van der Waals surface area contributed by atoms with Crippen LogP contribution in [-0.2, 0) is 11.3 Å². The molecule has 4 N–H and O–H groups in total. The first kappa shape index (κ1) is 19.7. The fourth-order valence-electron chi connectivity index (χ4n) is 3.34. The molecule has 0 aromatic heterocycles. The van der Waals surface area contributed by atoms with E-state index in [1.165, 1.54) is 18.3 Å². The summed E-state index contributed by atoms with van der Waals surface area (Å²) in [6.45, 7) is 0.295. The van der Waals surface area contributed by atoms with Crippen molar-refractivity contribution in [1.82, 2.24) is 10.6 Å². The molecule has 3 aromatic carbocycles. The third-order valence-electron chi connectivity index (χ3n) is 4.97. The van der Waals surface area contributed by atoms with Crippen LogP contribution in [0, 0.1) is 11.3 Å². The van der Waals surface area contributed by atoms with Gasteiger partial charge in [0.1, 0.15) is 0 Å². The average molecular weight is 411 g/mol. The number of aromatic hydroxyl groups is 2. The van der Waals surface area contributed by atoms with Crippen molar-refractivity contribution in [3.05, 3.63) is 89.1 Å². The molecule has 152 valence electrons. The van der Waals surface area contributed by atoms with Crippen LogP contribution in [0.3, 0.4) is 0 Å². The Balaban J connectivity index is 1.66. The number of hydrogen-bond donors (Lipinski definition) is 4. The van der Waals surface area contributed by atoms with Crippen molar-refractivity contribution in [2.75, 3.05) is 0 Å². The van der Waals surface area contributed by atoms with Gasteiger partial charge in [-0.15, -0.1) is 0 Å². The highest BCUT2D eigenvalue weighted by molar-refractivity contribution is 6.31. The van der Waals surface area contributed by atoms with E-state index < -0.39 is 11.8 Å². The summed E-state index contributed by atoms with van der Waals surface area (Å²) in [5.41, 5.74) is 4.08. The normalized spacial score (nSPS) is 14.0. The van der Waals surface area contributed by atoms with Gasteiger partial charge >= 0.3 is 0 Å². The Hall–Kier alpha value is -4.57. The lowest BCUT2D eigenvalue weighted by Crippen LogP contribution is -2.37. The molecular weight excluding hydrogens is 394 g/mol. The van der Waals surface area contributed by atoms with Crippen LogP contribution in [-0.4, -0.2) is 22.0 Å². The van der Waals surface area contributed by atoms with Gasteiger partial charge in [-0.2, -0.15) is 5.26 Å². The van der Waals surface area contributed by atoms with Gasteiger partial charge in [-0.25, -0.2) is 0 Å². The molecule has 1 aliphatic rings. The van der Waals surface area contributed by atoms with Gasteiger partial charge in [0.2, 0.25) is 0 Å². The standard InChI is InChI=1S/C24H17N3O4/c25-11-14-1-4-16(5-2-14)17-6-7-18-19(10-17)20(24(31)27-23(18)30)13-26-12-15-3-8-21(28)22(29)9-15/h1-10,13,26,28-29H,12H2,(H,27,30,31)/b20-13+. The molecule has 1 aliphatic heterocycles. The number of phenols is 2. The molecule has 0 unspecified atom stereocenters. The molecule has 4 rings (SSSR count). The summed E-state index contributed by atoms with van der Waals surface area (Å²) in [4.78, 5) is 24.8. The zero-order valence-corrected chi connectivity index (χ0v) is 16.2. The third kappa shape index (κ3) is 3.95. The molecule has 31 heavy (non-hydrogen) atoms. The molecule has 0 fully saturated rings. The van der Waals surface area contributed by atoms with Crippen LogP contribution >= 0.6 is 0 Å². The lowest BCUT2D eigenvalue weighted by Gasteiger charge is -2.19. The summed E-state index contributed by atoms with van der Waals surface area (Å²) in [5, 5.41) is 33.3. The number of phenolic OH excluding ortho intramolecular Hbond substituents is 2. The summed E-state index contributed by atoms with van der Waals surface area (Å²) in [5.74, 6) is -1.43. The van der Waals surface area contributed by atoms with E-state index in [1.54, 1.807) is 36.4 Å². The van der Waals surface area contributed by atoms with Gasteiger partial charge in [0.15, 0.2) is 11.5 Å². The summed E-state index contributed by atoms with van der Waals surface area (Å²) in [6, 6.07) is 18.8. The molecular formula is C24H17N3O4. The van der Waals surface area contributed by atoms with E-state index in [4.69, 9.17) is 5.26 Å². The minimum atomic E-state index is -0.518. The lowest BCUT2D eigenvalue weighted by atomic mass is 9.91. The number of nitriles is 1. The first-order valence-electron chi connectivity index (χ1n) is 9.41. The van der Waals surface area contributed by atoms with E-state index in [2.05, 4.69) is 16.7 Å². The molecule has 0 saturated carbocycles. The fourth-order valence-corrected chi connectivity index (χ4v) is 3.34. The Bertz CT molecular complexity index is 1270. The Labute approximate surface area is 177 Å². The number of fused-ring (bicyclic) bond motifs is 1. The molecule has 0 radical (unpaired) electrons. The predicted octanol–water partition coefficient (Wildman–Crippen LogP) is 3.04. The van der Waals surface area contributed by atoms with Crippen molar-refractivity contribution in [1.29, 1.82) is 5.26 Å². The van der Waals surface area contributed by atoms with Gasteiger partial charge in [-0.1, -0.05) is 24.3 Å². The monoisotopic (exact) mass is 411 g/mol. The molecule has 0 atom stereocenters. The Kier molecular flexibility index (Phi) is 5.12. The van der Waals surface area contributed by atoms with Crippen molar-refractivity contribution in [3.63, 3.8) is 0 Å². The van der Waals surface area contributed by atoms with Crippen LogP contribution in [0.4, 0.5) is 0 Å². The molecule has 0 spiro atoms. The second kappa shape index (κ2) is 8.05. The zero-order valence-electron chi connectivity index (χ0n) is 16.2. The van der Waals surface area contributed by atoms with E-state index in [-0.39, 0.29) is 11.5 Å². The van der Waals surface area contributed by atoms with Crippen molar-refractivity contribution in [2.45, 2.75) is 6.54 Å². The van der Waals surface area contributed by atoms with Crippen molar-refractivity contribution in [2.24, 2.45) is 0 Å². The number of nitrogens with one attached hydrogen (secondary N) is 2. The van der Waals surface area contributed by atoms with Crippen molar-refractivity contribution < 1.29 is 19.8 Å². The van der Waals surface area contributed by atoms with E-state index in [0.717, 1.165) is 11.1 Å². The third-order valence-corrected chi connectivity index (χ3v) is 4.97. The maximum atomic E-state index is 12.5. The van der Waals surface area contributed by atoms with Gasteiger partial charge in [0.25, 0.3) is 11.8 Å². The number of amides is 2. The number of carbonyl (C=O) groups is 2. The number of carbonyl (C=O) groups excluding carboxylic acids is 2. The van der Waals surface area contributed by atoms with Gasteiger partial charge in [-0.05, 0) is 53.1 Å². The largest absolute Gasteiger partial charge is 0.504 e. The Morgan fingerprint density at radius 3 is 2.32 bits per heavy atom. The predicted molar refractivity (Wildman–Crippen MR) is 114 cm³/mol. The van der Waals surface area contributed by atoms with E-state index in [1.807, 2.05) is 12.1 Å². The molecule has 0 bridgehead atoms. The fraction of sp³-hybridized carbons (Fsp3) is 0.0417. The SMILES string of the molecule is N#Cc1ccc(-c2ccc3c(c2)/C(=C\NCc2ccc(O)c(O)c2)C(=O)NC3=O)cc1. The molecule has 7 nitrogen and oxygen atoms in total. The average Bonchev–Trinajstić information content (AvgIpc) is 2.78. The topological polar surface area (TPSA) is 122 Å². The smallest absolute Gasteiger partial charge is 0.260 e. The minimum absolute atomic E-state index is 0.212. The van der Waals surface area contributed by atoms with Gasteiger partial charge in [-0.3, -0.25) is 14.9 Å². The molecule has 1 heterocycles. The Morgan fingerprint density at radius 2 is 1.61 bits per heavy atom. The molecule has 3 aromatic rings. The van der Waals surface area contributed by atoms with E-state index in [9.17, 15) is 19.8 Å². The quantitative estimate of drug-likeness (QED) is 0.297. The second-order valence-electron chi connectivity index (χ2n) is 6.99. The first-order valence-corrected chi connectivity index (χ1v) is 9.41. The molecule has 7 heteroatoms. The number of nitrogens with zero attached hydrogens (tertiary/aromatic N) is 1. The van der Waals surface area contributed by atoms with Crippen LogP contribution in [0.25, 0.3) is 16.7 Å². The second-order valence-corrected chi connectivity index (χ2v) is 6.99. The number of hydrogen-bond acceptors (Lipinski definition) is 6. The van der Waals surface area contributed by atoms with Crippen LogP contribution in [0.15, 0.2) is 66.9 Å². The molecule has 2 amide bonds. The van der Waals surface area contributed by atoms with Crippen molar-refractivity contribution >= 4 is 17.4 Å². The zero-order chi connectivity index (χ0) is 22.0. The van der Waals surface area contributed by atoms with E-state index in [0.29, 0.717) is 34.4 Å². The number of benzene rings is 3.